The highest BCUT2D eigenvalue weighted by molar-refractivity contribution is 6.13. The van der Waals surface area contributed by atoms with Crippen LogP contribution in [0.5, 0.6) is 0 Å². The summed E-state index contributed by atoms with van der Waals surface area (Å²) in [6, 6.07) is 74.1. The van der Waals surface area contributed by atoms with Gasteiger partial charge in [-0.2, -0.15) is 0 Å². The molecule has 0 bridgehead atoms. The van der Waals surface area contributed by atoms with Crippen molar-refractivity contribution < 1.29 is 8.83 Å². The molecule has 0 aliphatic carbocycles. The summed E-state index contributed by atoms with van der Waals surface area (Å²) in [7, 11) is 0. The molecule has 0 spiro atoms. The zero-order valence-electron chi connectivity index (χ0n) is 34.4. The Labute approximate surface area is 367 Å². The third kappa shape index (κ3) is 5.68. The standard InChI is InChI=1S/C59H35N3O2/c1-2-16-38(17-3-1)41-34-35-46(42-26-12-20-36-18-4-6-22-39(36)42)53(45-27-13-21-37-19-5-7-23-40(37)45)54(41)59-61-57(49-30-14-28-47-43-24-8-10-32-51(43)63-55(47)49)60-58(62-59)50-31-15-29-48-44-25-9-11-33-52(44)64-56(48)50/h1-35H. The van der Waals surface area contributed by atoms with E-state index in [1.807, 2.05) is 48.5 Å². The summed E-state index contributed by atoms with van der Waals surface area (Å²) in [5, 5.41) is 8.67. The van der Waals surface area contributed by atoms with Crippen molar-refractivity contribution in [2.45, 2.75) is 0 Å². The maximum atomic E-state index is 6.67. The summed E-state index contributed by atoms with van der Waals surface area (Å²) in [6.07, 6.45) is 0. The highest BCUT2D eigenvalue weighted by Crippen LogP contribution is 2.49. The first-order valence-corrected chi connectivity index (χ1v) is 21.5. The highest BCUT2D eigenvalue weighted by Gasteiger charge is 2.27. The van der Waals surface area contributed by atoms with Crippen molar-refractivity contribution in [1.82, 2.24) is 15.0 Å². The van der Waals surface area contributed by atoms with E-state index in [9.17, 15) is 0 Å². The molecule has 3 aromatic heterocycles. The Bertz CT molecular complexity index is 3830. The Morgan fingerprint density at radius 2 is 0.672 bits per heavy atom. The molecule has 0 radical (unpaired) electrons. The smallest absolute Gasteiger partial charge is 0.167 e. The zero-order chi connectivity index (χ0) is 42.1. The van der Waals surface area contributed by atoms with Crippen LogP contribution in [0.2, 0.25) is 0 Å². The molecule has 13 rings (SSSR count). The Balaban J connectivity index is 1.20. The molecular weight excluding hydrogens is 783 g/mol. The second-order valence-electron chi connectivity index (χ2n) is 16.2. The van der Waals surface area contributed by atoms with Crippen LogP contribution in [0.4, 0.5) is 0 Å². The molecule has 0 saturated carbocycles. The number of nitrogens with zero attached hydrogens (tertiary/aromatic N) is 3. The first-order valence-electron chi connectivity index (χ1n) is 21.5. The third-order valence-corrected chi connectivity index (χ3v) is 12.6. The molecule has 0 fully saturated rings. The van der Waals surface area contributed by atoms with Gasteiger partial charge in [0, 0.05) is 32.7 Å². The number of aromatic nitrogens is 3. The van der Waals surface area contributed by atoms with E-state index in [2.05, 4.69) is 164 Å². The van der Waals surface area contributed by atoms with Crippen LogP contribution in [0.3, 0.4) is 0 Å². The Kier molecular flexibility index (Phi) is 8.15. The predicted octanol–water partition coefficient (Wildman–Crippen LogP) is 16.0. The van der Waals surface area contributed by atoms with Gasteiger partial charge in [-0.25, -0.2) is 15.0 Å². The monoisotopic (exact) mass is 817 g/mol. The second kappa shape index (κ2) is 14.5. The number of hydrogen-bond donors (Lipinski definition) is 0. The molecule has 3 heterocycles. The van der Waals surface area contributed by atoms with Gasteiger partial charge in [0.2, 0.25) is 0 Å². The summed E-state index contributed by atoms with van der Waals surface area (Å²) >= 11 is 0. The van der Waals surface area contributed by atoms with E-state index in [0.717, 1.165) is 110 Å². The fraction of sp³-hybridized carbons (Fsp3) is 0. The minimum absolute atomic E-state index is 0.496. The second-order valence-corrected chi connectivity index (χ2v) is 16.2. The maximum absolute atomic E-state index is 6.67. The zero-order valence-corrected chi connectivity index (χ0v) is 34.4. The molecule has 0 amide bonds. The highest BCUT2D eigenvalue weighted by atomic mass is 16.3. The quantitative estimate of drug-likeness (QED) is 0.167. The van der Waals surface area contributed by atoms with E-state index < -0.39 is 0 Å². The van der Waals surface area contributed by atoms with Crippen LogP contribution >= 0.6 is 0 Å². The van der Waals surface area contributed by atoms with E-state index in [4.69, 9.17) is 23.8 Å². The number of furan rings is 2. The van der Waals surface area contributed by atoms with Crippen LogP contribution in [0.15, 0.2) is 221 Å². The topological polar surface area (TPSA) is 65.0 Å². The lowest BCUT2D eigenvalue weighted by molar-refractivity contribution is 0.669. The molecule has 0 saturated heterocycles. The number of hydrogen-bond acceptors (Lipinski definition) is 5. The van der Waals surface area contributed by atoms with Crippen molar-refractivity contribution in [3.63, 3.8) is 0 Å². The Morgan fingerprint density at radius 3 is 1.28 bits per heavy atom. The minimum Gasteiger partial charge on any atom is -0.455 e. The largest absolute Gasteiger partial charge is 0.455 e. The first kappa shape index (κ1) is 36.0. The molecule has 64 heavy (non-hydrogen) atoms. The average Bonchev–Trinajstić information content (AvgIpc) is 3.95. The van der Waals surface area contributed by atoms with Crippen molar-refractivity contribution >= 4 is 65.4 Å². The van der Waals surface area contributed by atoms with Crippen molar-refractivity contribution in [3.05, 3.63) is 212 Å². The molecule has 0 aliphatic rings. The van der Waals surface area contributed by atoms with E-state index >= 15 is 0 Å². The van der Waals surface area contributed by atoms with Crippen molar-refractivity contribution in [1.29, 1.82) is 0 Å². The summed E-state index contributed by atoms with van der Waals surface area (Å²) in [6.45, 7) is 0. The molecule has 13 aromatic rings. The number of rotatable bonds is 6. The predicted molar refractivity (Wildman–Crippen MR) is 262 cm³/mol. The Hall–Kier alpha value is -8.67. The molecule has 10 aromatic carbocycles. The van der Waals surface area contributed by atoms with Gasteiger partial charge in [0.05, 0.1) is 11.1 Å². The van der Waals surface area contributed by atoms with Crippen molar-refractivity contribution in [3.8, 4) is 67.5 Å². The van der Waals surface area contributed by atoms with Gasteiger partial charge < -0.3 is 8.83 Å². The Morgan fingerprint density at radius 1 is 0.250 bits per heavy atom. The molecule has 5 nitrogen and oxygen atoms in total. The van der Waals surface area contributed by atoms with Crippen molar-refractivity contribution in [2.75, 3.05) is 0 Å². The van der Waals surface area contributed by atoms with Crippen LogP contribution in [0.1, 0.15) is 0 Å². The van der Waals surface area contributed by atoms with Crippen LogP contribution in [-0.4, -0.2) is 15.0 Å². The van der Waals surface area contributed by atoms with Gasteiger partial charge in [0.15, 0.2) is 17.5 Å². The van der Waals surface area contributed by atoms with E-state index in [-0.39, 0.29) is 0 Å². The molecular formula is C59H35N3O2. The molecule has 0 unspecified atom stereocenters. The molecule has 5 heteroatoms. The van der Waals surface area contributed by atoms with Gasteiger partial charge in [0.1, 0.15) is 22.3 Å². The van der Waals surface area contributed by atoms with Gasteiger partial charge in [-0.05, 0) is 73.6 Å². The number of para-hydroxylation sites is 4. The van der Waals surface area contributed by atoms with E-state index in [0.29, 0.717) is 17.5 Å². The van der Waals surface area contributed by atoms with Crippen LogP contribution in [0.25, 0.3) is 133 Å². The number of benzene rings is 10. The first-order chi connectivity index (χ1) is 31.7. The van der Waals surface area contributed by atoms with E-state index in [1.54, 1.807) is 0 Å². The average molecular weight is 818 g/mol. The summed E-state index contributed by atoms with van der Waals surface area (Å²) in [5.41, 5.74) is 11.8. The lowest BCUT2D eigenvalue weighted by Crippen LogP contribution is -2.04. The maximum Gasteiger partial charge on any atom is 0.167 e. The summed E-state index contributed by atoms with van der Waals surface area (Å²) in [4.78, 5) is 16.5. The van der Waals surface area contributed by atoms with Gasteiger partial charge in [-0.15, -0.1) is 0 Å². The van der Waals surface area contributed by atoms with Crippen LogP contribution in [-0.2, 0) is 0 Å². The van der Waals surface area contributed by atoms with Crippen LogP contribution < -0.4 is 0 Å². The molecule has 0 atom stereocenters. The van der Waals surface area contributed by atoms with Gasteiger partial charge in [0.25, 0.3) is 0 Å². The molecule has 298 valence electrons. The van der Waals surface area contributed by atoms with Gasteiger partial charge in [-0.3, -0.25) is 0 Å². The third-order valence-electron chi connectivity index (χ3n) is 12.6. The van der Waals surface area contributed by atoms with Crippen molar-refractivity contribution in [2.24, 2.45) is 0 Å². The lowest BCUT2D eigenvalue weighted by atomic mass is 9.82. The van der Waals surface area contributed by atoms with Gasteiger partial charge in [-0.1, -0.05) is 188 Å². The molecule has 0 aliphatic heterocycles. The fourth-order valence-electron chi connectivity index (χ4n) is 9.68. The number of fused-ring (bicyclic) bond motifs is 8. The normalized spacial score (nSPS) is 11.8. The van der Waals surface area contributed by atoms with Crippen LogP contribution in [0, 0.1) is 0 Å². The summed E-state index contributed by atoms with van der Waals surface area (Å²) < 4.78 is 13.3. The van der Waals surface area contributed by atoms with E-state index in [1.165, 1.54) is 5.39 Å². The summed E-state index contributed by atoms with van der Waals surface area (Å²) in [5.74, 6) is 1.53. The fourth-order valence-corrected chi connectivity index (χ4v) is 9.68. The van der Waals surface area contributed by atoms with Gasteiger partial charge >= 0.3 is 0 Å². The minimum atomic E-state index is 0.496. The molecule has 0 N–H and O–H groups in total. The SMILES string of the molecule is c1ccc(-c2ccc(-c3cccc4ccccc34)c(-c3cccc4ccccc34)c2-c2nc(-c3cccc4c3oc3ccccc34)nc(-c3cccc4c3oc3ccccc34)n2)cc1. The lowest BCUT2D eigenvalue weighted by Gasteiger charge is -2.22.